The normalized spacial score (nSPS) is 15.1. The molecule has 2 heterocycles. The average Bonchev–Trinajstić information content (AvgIpc) is 3.61. The number of nitrogens with zero attached hydrogens (tertiary/aromatic N) is 4. The molecule has 0 spiro atoms. The third-order valence-corrected chi connectivity index (χ3v) is 6.74. The number of ether oxygens (including phenoxy) is 1. The van der Waals surface area contributed by atoms with Crippen molar-refractivity contribution in [1.82, 2.24) is 15.1 Å². The van der Waals surface area contributed by atoms with Crippen LogP contribution in [0.3, 0.4) is 0 Å². The van der Waals surface area contributed by atoms with E-state index in [1.54, 1.807) is 0 Å². The van der Waals surface area contributed by atoms with E-state index in [1.165, 1.54) is 0 Å². The monoisotopic (exact) mass is 496 g/mol. The average molecular weight is 497 g/mol. The maximum atomic E-state index is 13.6. The Morgan fingerprint density at radius 3 is 2.35 bits per heavy atom. The SMILES string of the molecule is Cc1ccccc1-c1nnc(-c2ccc(C(=O)N(Cc3ccc(N(C)C)cc3)CC3CCCO3)cc2)o1. The minimum atomic E-state index is -0.0233. The molecule has 1 aromatic heterocycles. The standard InChI is InChI=1S/C30H32N4O3/c1-21-7-4-5-9-27(21)29-32-31-28(37-29)23-12-14-24(15-13-23)30(35)34(20-26-8-6-18-36-26)19-22-10-16-25(17-11-22)33(2)3/h4-5,7,9-17,26H,6,8,18-20H2,1-3H3. The summed E-state index contributed by atoms with van der Waals surface area (Å²) in [6, 6.07) is 23.6. The molecule has 1 amide bonds. The maximum absolute atomic E-state index is 13.6. The van der Waals surface area contributed by atoms with Crippen LogP contribution in [0.15, 0.2) is 77.2 Å². The molecular formula is C30H32N4O3. The van der Waals surface area contributed by atoms with Crippen LogP contribution < -0.4 is 4.90 Å². The minimum absolute atomic E-state index is 0.0233. The molecule has 0 N–H and O–H groups in total. The Kier molecular flexibility index (Phi) is 7.32. The Labute approximate surface area is 217 Å². The van der Waals surface area contributed by atoms with Crippen LogP contribution >= 0.6 is 0 Å². The van der Waals surface area contributed by atoms with Crippen molar-refractivity contribution in [2.75, 3.05) is 32.1 Å². The zero-order chi connectivity index (χ0) is 25.8. The van der Waals surface area contributed by atoms with Crippen molar-refractivity contribution in [1.29, 1.82) is 0 Å². The van der Waals surface area contributed by atoms with Gasteiger partial charge in [0, 0.05) is 56.2 Å². The highest BCUT2D eigenvalue weighted by Crippen LogP contribution is 2.27. The summed E-state index contributed by atoms with van der Waals surface area (Å²) in [7, 11) is 4.04. The number of aryl methyl sites for hydroxylation is 1. The Morgan fingerprint density at radius 1 is 0.946 bits per heavy atom. The summed E-state index contributed by atoms with van der Waals surface area (Å²) in [5.74, 6) is 0.885. The van der Waals surface area contributed by atoms with Gasteiger partial charge >= 0.3 is 0 Å². The first-order valence-corrected chi connectivity index (χ1v) is 12.6. The quantitative estimate of drug-likeness (QED) is 0.316. The molecule has 1 aliphatic heterocycles. The molecule has 190 valence electrons. The molecule has 7 nitrogen and oxygen atoms in total. The van der Waals surface area contributed by atoms with Crippen molar-refractivity contribution in [3.8, 4) is 22.9 Å². The number of amides is 1. The molecule has 0 radical (unpaired) electrons. The summed E-state index contributed by atoms with van der Waals surface area (Å²) in [5, 5.41) is 8.45. The number of carbonyl (C=O) groups excluding carboxylic acids is 1. The van der Waals surface area contributed by atoms with Crippen LogP contribution in [0.2, 0.25) is 0 Å². The third kappa shape index (κ3) is 5.73. The van der Waals surface area contributed by atoms with Crippen LogP contribution in [-0.4, -0.2) is 54.4 Å². The number of hydrogen-bond donors (Lipinski definition) is 0. The molecule has 37 heavy (non-hydrogen) atoms. The Morgan fingerprint density at radius 2 is 1.68 bits per heavy atom. The van der Waals surface area contributed by atoms with Crippen molar-refractivity contribution < 1.29 is 13.9 Å². The van der Waals surface area contributed by atoms with Gasteiger partial charge in [-0.25, -0.2) is 0 Å². The van der Waals surface area contributed by atoms with Crippen LogP contribution in [0, 0.1) is 6.92 Å². The first-order chi connectivity index (χ1) is 18.0. The van der Waals surface area contributed by atoms with E-state index in [2.05, 4.69) is 39.4 Å². The van der Waals surface area contributed by atoms with E-state index in [1.807, 2.05) is 74.4 Å². The van der Waals surface area contributed by atoms with Gasteiger partial charge in [-0.2, -0.15) is 0 Å². The van der Waals surface area contributed by atoms with Gasteiger partial charge in [0.25, 0.3) is 5.91 Å². The van der Waals surface area contributed by atoms with Crippen LogP contribution in [-0.2, 0) is 11.3 Å². The Bertz CT molecular complexity index is 1340. The second kappa shape index (κ2) is 11.0. The predicted octanol–water partition coefficient (Wildman–Crippen LogP) is 5.60. The van der Waals surface area contributed by atoms with Gasteiger partial charge in [0.2, 0.25) is 11.8 Å². The summed E-state index contributed by atoms with van der Waals surface area (Å²) in [4.78, 5) is 17.5. The van der Waals surface area contributed by atoms with E-state index in [-0.39, 0.29) is 12.0 Å². The maximum Gasteiger partial charge on any atom is 0.254 e. The molecule has 1 aliphatic rings. The highest BCUT2D eigenvalue weighted by molar-refractivity contribution is 5.94. The first kappa shape index (κ1) is 24.7. The summed E-state index contributed by atoms with van der Waals surface area (Å²) >= 11 is 0. The van der Waals surface area contributed by atoms with Crippen LogP contribution in [0.25, 0.3) is 22.9 Å². The number of aromatic nitrogens is 2. The van der Waals surface area contributed by atoms with Crippen LogP contribution in [0.5, 0.6) is 0 Å². The van der Waals surface area contributed by atoms with Crippen molar-refractivity contribution in [3.63, 3.8) is 0 Å². The molecule has 1 unspecified atom stereocenters. The van der Waals surface area contributed by atoms with Gasteiger partial charge in [-0.15, -0.1) is 10.2 Å². The highest BCUT2D eigenvalue weighted by Gasteiger charge is 2.24. The molecule has 1 atom stereocenters. The minimum Gasteiger partial charge on any atom is -0.416 e. The van der Waals surface area contributed by atoms with Gasteiger partial charge in [0.05, 0.1) is 6.10 Å². The van der Waals surface area contributed by atoms with Crippen molar-refractivity contribution >= 4 is 11.6 Å². The van der Waals surface area contributed by atoms with Crippen molar-refractivity contribution in [2.45, 2.75) is 32.4 Å². The highest BCUT2D eigenvalue weighted by atomic mass is 16.5. The van der Waals surface area contributed by atoms with E-state index < -0.39 is 0 Å². The number of anilines is 1. The van der Waals surface area contributed by atoms with E-state index >= 15 is 0 Å². The van der Waals surface area contributed by atoms with Gasteiger partial charge in [-0.05, 0) is 73.4 Å². The second-order valence-electron chi connectivity index (χ2n) is 9.69. The molecule has 1 saturated heterocycles. The smallest absolute Gasteiger partial charge is 0.254 e. The summed E-state index contributed by atoms with van der Waals surface area (Å²) in [6.45, 7) is 3.86. The van der Waals surface area contributed by atoms with E-state index in [0.717, 1.165) is 47.4 Å². The predicted molar refractivity (Wildman–Crippen MR) is 144 cm³/mol. The Balaban J connectivity index is 1.34. The zero-order valence-corrected chi connectivity index (χ0v) is 21.6. The Hall–Kier alpha value is -3.97. The molecule has 0 saturated carbocycles. The number of carbonyl (C=O) groups is 1. The topological polar surface area (TPSA) is 71.7 Å². The molecule has 1 fully saturated rings. The van der Waals surface area contributed by atoms with E-state index in [0.29, 0.717) is 30.4 Å². The fraction of sp³-hybridized carbons (Fsp3) is 0.300. The van der Waals surface area contributed by atoms with Crippen LogP contribution in [0.1, 0.15) is 34.3 Å². The zero-order valence-electron chi connectivity index (χ0n) is 21.6. The largest absolute Gasteiger partial charge is 0.416 e. The molecule has 3 aromatic carbocycles. The number of benzene rings is 3. The summed E-state index contributed by atoms with van der Waals surface area (Å²) in [5.41, 5.74) is 5.59. The lowest BCUT2D eigenvalue weighted by Gasteiger charge is -2.26. The lowest BCUT2D eigenvalue weighted by Crippen LogP contribution is -2.37. The second-order valence-corrected chi connectivity index (χ2v) is 9.69. The van der Waals surface area contributed by atoms with Gasteiger partial charge < -0.3 is 19.0 Å². The molecule has 0 bridgehead atoms. The molecular weight excluding hydrogens is 464 g/mol. The van der Waals surface area contributed by atoms with E-state index in [4.69, 9.17) is 9.15 Å². The van der Waals surface area contributed by atoms with E-state index in [9.17, 15) is 4.79 Å². The first-order valence-electron chi connectivity index (χ1n) is 12.6. The van der Waals surface area contributed by atoms with Gasteiger partial charge in [-0.3, -0.25) is 4.79 Å². The van der Waals surface area contributed by atoms with Crippen LogP contribution in [0.4, 0.5) is 5.69 Å². The fourth-order valence-electron chi connectivity index (χ4n) is 4.57. The van der Waals surface area contributed by atoms with Crippen molar-refractivity contribution in [3.05, 3.63) is 89.5 Å². The number of hydrogen-bond acceptors (Lipinski definition) is 6. The van der Waals surface area contributed by atoms with Crippen molar-refractivity contribution in [2.24, 2.45) is 0 Å². The summed E-state index contributed by atoms with van der Waals surface area (Å²) in [6.07, 6.45) is 2.08. The number of rotatable bonds is 8. The van der Waals surface area contributed by atoms with Gasteiger partial charge in [-0.1, -0.05) is 30.3 Å². The lowest BCUT2D eigenvalue weighted by atomic mass is 10.1. The lowest BCUT2D eigenvalue weighted by molar-refractivity contribution is 0.0507. The molecule has 5 rings (SSSR count). The summed E-state index contributed by atoms with van der Waals surface area (Å²) < 4.78 is 11.8. The molecule has 7 heteroatoms. The molecule has 0 aliphatic carbocycles. The third-order valence-electron chi connectivity index (χ3n) is 6.74. The van der Waals surface area contributed by atoms with Gasteiger partial charge in [0.1, 0.15) is 0 Å². The molecule has 4 aromatic rings. The van der Waals surface area contributed by atoms with Gasteiger partial charge in [0.15, 0.2) is 0 Å². The fourth-order valence-corrected chi connectivity index (χ4v) is 4.57.